The number of hydrogen-bond acceptors (Lipinski definition) is 2. The van der Waals surface area contributed by atoms with E-state index in [2.05, 4.69) is 5.92 Å². The van der Waals surface area contributed by atoms with Gasteiger partial charge < -0.3 is 10.6 Å². The number of hydrogen-bond donors (Lipinski definition) is 1. The number of nitrogens with zero attached hydrogens (tertiary/aromatic N) is 1. The van der Waals surface area contributed by atoms with Gasteiger partial charge in [-0.25, -0.2) is 0 Å². The lowest BCUT2D eigenvalue weighted by molar-refractivity contribution is 0.0812. The van der Waals surface area contributed by atoms with Gasteiger partial charge in [-0.15, -0.1) is 6.42 Å². The van der Waals surface area contributed by atoms with E-state index < -0.39 is 0 Å². The summed E-state index contributed by atoms with van der Waals surface area (Å²) in [6.07, 6.45) is 5.98. The van der Waals surface area contributed by atoms with Gasteiger partial charge in [0.2, 0.25) is 0 Å². The van der Waals surface area contributed by atoms with Crippen molar-refractivity contribution in [2.24, 2.45) is 5.73 Å². The Hall–Kier alpha value is -1.79. The van der Waals surface area contributed by atoms with Gasteiger partial charge in [0.15, 0.2) is 0 Å². The third kappa shape index (κ3) is 3.11. The molecule has 1 rings (SSSR count). The standard InChI is InChI=1S/C13H16N2O/c1-3-10-15(2)13(16)12-6-4-11(5-7-12)8-9-14/h1,4-7H,8-10,14H2,2H3. The Morgan fingerprint density at radius 3 is 2.56 bits per heavy atom. The van der Waals surface area contributed by atoms with Crippen molar-refractivity contribution in [3.8, 4) is 12.3 Å². The number of rotatable bonds is 4. The van der Waals surface area contributed by atoms with E-state index in [-0.39, 0.29) is 5.91 Å². The molecular weight excluding hydrogens is 200 g/mol. The largest absolute Gasteiger partial charge is 0.331 e. The van der Waals surface area contributed by atoms with Crippen molar-refractivity contribution < 1.29 is 4.79 Å². The quantitative estimate of drug-likeness (QED) is 0.760. The van der Waals surface area contributed by atoms with E-state index in [0.717, 1.165) is 12.0 Å². The Morgan fingerprint density at radius 1 is 1.44 bits per heavy atom. The van der Waals surface area contributed by atoms with Crippen molar-refractivity contribution in [3.63, 3.8) is 0 Å². The summed E-state index contributed by atoms with van der Waals surface area (Å²) in [4.78, 5) is 13.3. The first-order chi connectivity index (χ1) is 7.69. The van der Waals surface area contributed by atoms with E-state index in [4.69, 9.17) is 12.2 Å². The van der Waals surface area contributed by atoms with Gasteiger partial charge >= 0.3 is 0 Å². The highest BCUT2D eigenvalue weighted by molar-refractivity contribution is 5.94. The van der Waals surface area contributed by atoms with E-state index in [0.29, 0.717) is 18.7 Å². The number of amides is 1. The van der Waals surface area contributed by atoms with Crippen LogP contribution in [0.25, 0.3) is 0 Å². The molecule has 0 aliphatic heterocycles. The highest BCUT2D eigenvalue weighted by Crippen LogP contribution is 2.07. The zero-order valence-corrected chi connectivity index (χ0v) is 9.44. The summed E-state index contributed by atoms with van der Waals surface area (Å²) < 4.78 is 0. The van der Waals surface area contributed by atoms with Crippen molar-refractivity contribution in [2.45, 2.75) is 6.42 Å². The minimum Gasteiger partial charge on any atom is -0.331 e. The lowest BCUT2D eigenvalue weighted by Crippen LogP contribution is -2.26. The molecule has 0 aromatic heterocycles. The van der Waals surface area contributed by atoms with Crippen LogP contribution >= 0.6 is 0 Å². The molecule has 0 bridgehead atoms. The van der Waals surface area contributed by atoms with Crippen LogP contribution in [-0.4, -0.2) is 30.9 Å². The lowest BCUT2D eigenvalue weighted by atomic mass is 10.1. The van der Waals surface area contributed by atoms with Gasteiger partial charge in [0, 0.05) is 12.6 Å². The van der Waals surface area contributed by atoms with E-state index in [1.54, 1.807) is 19.2 Å². The van der Waals surface area contributed by atoms with Crippen LogP contribution in [0.2, 0.25) is 0 Å². The Kier molecular flexibility index (Phi) is 4.56. The minimum atomic E-state index is -0.0581. The summed E-state index contributed by atoms with van der Waals surface area (Å²) in [7, 11) is 1.69. The number of carbonyl (C=O) groups excluding carboxylic acids is 1. The monoisotopic (exact) mass is 216 g/mol. The fourth-order valence-electron chi connectivity index (χ4n) is 1.41. The van der Waals surface area contributed by atoms with Crippen LogP contribution in [-0.2, 0) is 6.42 Å². The summed E-state index contributed by atoms with van der Waals surface area (Å²) in [6, 6.07) is 7.45. The van der Waals surface area contributed by atoms with Crippen LogP contribution in [0.5, 0.6) is 0 Å². The molecule has 0 radical (unpaired) electrons. The molecule has 0 saturated heterocycles. The van der Waals surface area contributed by atoms with Crippen LogP contribution in [0.1, 0.15) is 15.9 Å². The first kappa shape index (κ1) is 12.3. The van der Waals surface area contributed by atoms with Crippen molar-refractivity contribution >= 4 is 5.91 Å². The van der Waals surface area contributed by atoms with Crippen LogP contribution in [0.3, 0.4) is 0 Å². The molecule has 1 amide bonds. The molecule has 0 aliphatic rings. The normalized spacial score (nSPS) is 9.56. The lowest BCUT2D eigenvalue weighted by Gasteiger charge is -2.13. The molecule has 2 N–H and O–H groups in total. The summed E-state index contributed by atoms with van der Waals surface area (Å²) in [5.41, 5.74) is 7.24. The molecule has 0 saturated carbocycles. The Bertz CT molecular complexity index is 389. The van der Waals surface area contributed by atoms with Gasteiger partial charge in [-0.3, -0.25) is 4.79 Å². The van der Waals surface area contributed by atoms with Crippen molar-refractivity contribution in [2.75, 3.05) is 20.1 Å². The van der Waals surface area contributed by atoms with E-state index in [9.17, 15) is 4.79 Å². The summed E-state index contributed by atoms with van der Waals surface area (Å²) in [6.45, 7) is 0.938. The molecular formula is C13H16N2O. The molecule has 0 heterocycles. The van der Waals surface area contributed by atoms with Crippen molar-refractivity contribution in [1.29, 1.82) is 0 Å². The van der Waals surface area contributed by atoms with Gasteiger partial charge in [0.1, 0.15) is 0 Å². The Balaban J connectivity index is 2.74. The number of terminal acetylenes is 1. The second-order valence-electron chi connectivity index (χ2n) is 3.60. The number of benzene rings is 1. The molecule has 0 unspecified atom stereocenters. The van der Waals surface area contributed by atoms with E-state index in [1.807, 2.05) is 12.1 Å². The van der Waals surface area contributed by atoms with Gasteiger partial charge in [-0.1, -0.05) is 18.1 Å². The number of nitrogens with two attached hydrogens (primary N) is 1. The SMILES string of the molecule is C#CCN(C)C(=O)c1ccc(CCN)cc1. The number of carbonyl (C=O) groups is 1. The molecule has 0 spiro atoms. The van der Waals surface area contributed by atoms with Gasteiger partial charge in [0.05, 0.1) is 6.54 Å². The highest BCUT2D eigenvalue weighted by Gasteiger charge is 2.09. The van der Waals surface area contributed by atoms with Crippen LogP contribution in [0.4, 0.5) is 0 Å². The van der Waals surface area contributed by atoms with E-state index >= 15 is 0 Å². The third-order valence-electron chi connectivity index (χ3n) is 2.31. The minimum absolute atomic E-state index is 0.0581. The molecule has 3 nitrogen and oxygen atoms in total. The predicted molar refractivity (Wildman–Crippen MR) is 65.0 cm³/mol. The predicted octanol–water partition coefficient (Wildman–Crippen LogP) is 0.893. The molecule has 1 aromatic carbocycles. The summed E-state index contributed by atoms with van der Waals surface area (Å²) in [5, 5.41) is 0. The smallest absolute Gasteiger partial charge is 0.254 e. The van der Waals surface area contributed by atoms with Gasteiger partial charge in [0.25, 0.3) is 5.91 Å². The maximum Gasteiger partial charge on any atom is 0.254 e. The zero-order chi connectivity index (χ0) is 12.0. The van der Waals surface area contributed by atoms with Gasteiger partial charge in [-0.2, -0.15) is 0 Å². The molecule has 0 atom stereocenters. The fourth-order valence-corrected chi connectivity index (χ4v) is 1.41. The Morgan fingerprint density at radius 2 is 2.06 bits per heavy atom. The average molecular weight is 216 g/mol. The highest BCUT2D eigenvalue weighted by atomic mass is 16.2. The first-order valence-electron chi connectivity index (χ1n) is 5.17. The molecule has 84 valence electrons. The summed E-state index contributed by atoms with van der Waals surface area (Å²) in [5.74, 6) is 2.38. The summed E-state index contributed by atoms with van der Waals surface area (Å²) >= 11 is 0. The molecule has 0 fully saturated rings. The van der Waals surface area contributed by atoms with Crippen molar-refractivity contribution in [3.05, 3.63) is 35.4 Å². The molecule has 0 aliphatic carbocycles. The van der Waals surface area contributed by atoms with Crippen molar-refractivity contribution in [1.82, 2.24) is 4.90 Å². The second-order valence-corrected chi connectivity index (χ2v) is 3.60. The maximum atomic E-state index is 11.8. The molecule has 1 aromatic rings. The Labute approximate surface area is 96.2 Å². The maximum absolute atomic E-state index is 11.8. The fraction of sp³-hybridized carbons (Fsp3) is 0.308. The van der Waals surface area contributed by atoms with Gasteiger partial charge in [-0.05, 0) is 30.7 Å². The first-order valence-corrected chi connectivity index (χ1v) is 5.17. The van der Waals surface area contributed by atoms with Crippen LogP contribution in [0.15, 0.2) is 24.3 Å². The second kappa shape index (κ2) is 5.94. The molecule has 3 heteroatoms. The van der Waals surface area contributed by atoms with E-state index in [1.165, 1.54) is 4.90 Å². The van der Waals surface area contributed by atoms with Crippen LogP contribution in [0, 0.1) is 12.3 Å². The van der Waals surface area contributed by atoms with Crippen LogP contribution < -0.4 is 5.73 Å². The topological polar surface area (TPSA) is 46.3 Å². The average Bonchev–Trinajstić information content (AvgIpc) is 2.30. The third-order valence-corrected chi connectivity index (χ3v) is 2.31. The zero-order valence-electron chi connectivity index (χ0n) is 9.44. The molecule has 16 heavy (non-hydrogen) atoms.